The maximum Gasteiger partial charge on any atom is 0.127 e. The Labute approximate surface area is 124 Å². The summed E-state index contributed by atoms with van der Waals surface area (Å²) >= 11 is 0. The summed E-state index contributed by atoms with van der Waals surface area (Å²) in [6, 6.07) is 13.2. The van der Waals surface area contributed by atoms with Crippen LogP contribution in [0, 0.1) is 5.82 Å². The van der Waals surface area contributed by atoms with Gasteiger partial charge in [-0.3, -0.25) is 0 Å². The van der Waals surface area contributed by atoms with Crippen molar-refractivity contribution in [3.8, 4) is 5.75 Å². The van der Waals surface area contributed by atoms with Gasteiger partial charge in [-0.25, -0.2) is 4.39 Å². The van der Waals surface area contributed by atoms with Crippen molar-refractivity contribution in [2.75, 3.05) is 6.61 Å². The Morgan fingerprint density at radius 1 is 1.19 bits per heavy atom. The SMILES string of the molecule is NCc1cc(F)cc(OCC2CCCc3ccccc32)c1. The van der Waals surface area contributed by atoms with Gasteiger partial charge >= 0.3 is 0 Å². The molecule has 0 aromatic heterocycles. The van der Waals surface area contributed by atoms with Gasteiger partial charge in [-0.05, 0) is 48.1 Å². The van der Waals surface area contributed by atoms with Crippen LogP contribution in [0.25, 0.3) is 0 Å². The first-order chi connectivity index (χ1) is 10.3. The lowest BCUT2D eigenvalue weighted by molar-refractivity contribution is 0.273. The zero-order valence-corrected chi connectivity index (χ0v) is 12.0. The molecule has 21 heavy (non-hydrogen) atoms. The fourth-order valence-corrected chi connectivity index (χ4v) is 3.05. The molecule has 0 spiro atoms. The molecule has 2 N–H and O–H groups in total. The molecular weight excluding hydrogens is 265 g/mol. The molecule has 2 aromatic carbocycles. The Morgan fingerprint density at radius 3 is 2.90 bits per heavy atom. The van der Waals surface area contributed by atoms with E-state index in [-0.39, 0.29) is 5.82 Å². The van der Waals surface area contributed by atoms with Crippen LogP contribution in [0.15, 0.2) is 42.5 Å². The molecule has 0 fully saturated rings. The van der Waals surface area contributed by atoms with E-state index in [2.05, 4.69) is 24.3 Å². The Hall–Kier alpha value is -1.87. The van der Waals surface area contributed by atoms with Crippen LogP contribution in [0.5, 0.6) is 5.75 Å². The third-order valence-corrected chi connectivity index (χ3v) is 4.11. The number of benzene rings is 2. The van der Waals surface area contributed by atoms with Gasteiger partial charge in [0.15, 0.2) is 0 Å². The van der Waals surface area contributed by atoms with E-state index >= 15 is 0 Å². The molecule has 1 unspecified atom stereocenters. The summed E-state index contributed by atoms with van der Waals surface area (Å²) in [6.45, 7) is 0.908. The topological polar surface area (TPSA) is 35.2 Å². The van der Waals surface area contributed by atoms with Gasteiger partial charge in [-0.1, -0.05) is 24.3 Å². The second-order valence-corrected chi connectivity index (χ2v) is 5.60. The predicted octanol–water partition coefficient (Wildman–Crippen LogP) is 3.78. The first-order valence-electron chi connectivity index (χ1n) is 7.46. The number of fused-ring (bicyclic) bond motifs is 1. The number of aryl methyl sites for hydroxylation is 1. The van der Waals surface area contributed by atoms with Crippen LogP contribution in [0.2, 0.25) is 0 Å². The molecule has 0 heterocycles. The summed E-state index contributed by atoms with van der Waals surface area (Å²) in [7, 11) is 0. The third-order valence-electron chi connectivity index (χ3n) is 4.11. The molecule has 0 radical (unpaired) electrons. The third kappa shape index (κ3) is 3.24. The number of nitrogens with two attached hydrogens (primary N) is 1. The van der Waals surface area contributed by atoms with Crippen LogP contribution < -0.4 is 10.5 Å². The average Bonchev–Trinajstić information content (AvgIpc) is 2.52. The van der Waals surface area contributed by atoms with Crippen LogP contribution in [-0.4, -0.2) is 6.61 Å². The van der Waals surface area contributed by atoms with Gasteiger partial charge in [-0.2, -0.15) is 0 Å². The van der Waals surface area contributed by atoms with Crippen molar-refractivity contribution in [1.82, 2.24) is 0 Å². The van der Waals surface area contributed by atoms with Crippen molar-refractivity contribution in [1.29, 1.82) is 0 Å². The Bertz CT molecular complexity index is 626. The summed E-state index contributed by atoms with van der Waals surface area (Å²) < 4.78 is 19.3. The van der Waals surface area contributed by atoms with Crippen LogP contribution in [-0.2, 0) is 13.0 Å². The molecule has 0 saturated heterocycles. The number of ether oxygens (including phenoxy) is 1. The van der Waals surface area contributed by atoms with Gasteiger partial charge in [0.05, 0.1) is 6.61 Å². The van der Waals surface area contributed by atoms with E-state index in [9.17, 15) is 4.39 Å². The van der Waals surface area contributed by atoms with E-state index in [1.165, 1.54) is 29.7 Å². The normalized spacial score (nSPS) is 17.3. The molecular formula is C18H20FNO. The molecule has 1 aliphatic rings. The largest absolute Gasteiger partial charge is 0.493 e. The molecule has 1 atom stereocenters. The van der Waals surface area contributed by atoms with Gasteiger partial charge < -0.3 is 10.5 Å². The zero-order chi connectivity index (χ0) is 14.7. The molecule has 3 rings (SSSR count). The van der Waals surface area contributed by atoms with Gasteiger partial charge in [-0.15, -0.1) is 0 Å². The lowest BCUT2D eigenvalue weighted by atomic mass is 9.83. The average molecular weight is 285 g/mol. The minimum Gasteiger partial charge on any atom is -0.493 e. The molecule has 2 nitrogen and oxygen atoms in total. The Kier molecular flexibility index (Phi) is 4.20. The van der Waals surface area contributed by atoms with Gasteiger partial charge in [0.25, 0.3) is 0 Å². The molecule has 1 aliphatic carbocycles. The zero-order valence-electron chi connectivity index (χ0n) is 12.0. The van der Waals surface area contributed by atoms with Gasteiger partial charge in [0.2, 0.25) is 0 Å². The highest BCUT2D eigenvalue weighted by Gasteiger charge is 2.20. The lowest BCUT2D eigenvalue weighted by Crippen LogP contribution is -2.16. The maximum absolute atomic E-state index is 13.5. The molecule has 110 valence electrons. The highest BCUT2D eigenvalue weighted by Crippen LogP contribution is 2.32. The quantitative estimate of drug-likeness (QED) is 0.927. The summed E-state index contributed by atoms with van der Waals surface area (Å²) in [5, 5.41) is 0. The smallest absolute Gasteiger partial charge is 0.127 e. The molecule has 0 aliphatic heterocycles. The lowest BCUT2D eigenvalue weighted by Gasteiger charge is -2.25. The number of rotatable bonds is 4. The monoisotopic (exact) mass is 285 g/mol. The summed E-state index contributed by atoms with van der Waals surface area (Å²) in [4.78, 5) is 0. The standard InChI is InChI=1S/C18H20FNO/c19-16-8-13(11-20)9-17(10-16)21-12-15-6-3-5-14-4-1-2-7-18(14)15/h1-2,4,7-10,15H,3,5-6,11-12,20H2. The summed E-state index contributed by atoms with van der Waals surface area (Å²) in [6.07, 6.45) is 3.45. The fraction of sp³-hybridized carbons (Fsp3) is 0.333. The van der Waals surface area contributed by atoms with Gasteiger partial charge in [0, 0.05) is 18.5 Å². The fourth-order valence-electron chi connectivity index (χ4n) is 3.05. The van der Waals surface area contributed by atoms with Crippen molar-refractivity contribution < 1.29 is 9.13 Å². The molecule has 3 heteroatoms. The predicted molar refractivity (Wildman–Crippen MR) is 81.9 cm³/mol. The number of hydrogen-bond donors (Lipinski definition) is 1. The number of halogens is 1. The highest BCUT2D eigenvalue weighted by atomic mass is 19.1. The molecule has 0 amide bonds. The molecule has 0 saturated carbocycles. The van der Waals surface area contributed by atoms with E-state index in [4.69, 9.17) is 10.5 Å². The summed E-state index contributed by atoms with van der Waals surface area (Å²) in [5.41, 5.74) is 9.12. The van der Waals surface area contributed by atoms with Crippen LogP contribution in [0.1, 0.15) is 35.4 Å². The Morgan fingerprint density at radius 2 is 2.05 bits per heavy atom. The second kappa shape index (κ2) is 6.27. The van der Waals surface area contributed by atoms with Crippen molar-refractivity contribution in [2.45, 2.75) is 31.7 Å². The second-order valence-electron chi connectivity index (χ2n) is 5.60. The summed E-state index contributed by atoms with van der Waals surface area (Å²) in [5.74, 6) is 0.662. The van der Waals surface area contributed by atoms with E-state index < -0.39 is 0 Å². The van der Waals surface area contributed by atoms with Crippen LogP contribution in [0.4, 0.5) is 4.39 Å². The minimum atomic E-state index is -0.294. The van der Waals surface area contributed by atoms with Crippen molar-refractivity contribution >= 4 is 0 Å². The maximum atomic E-state index is 13.5. The van der Waals surface area contributed by atoms with E-state index in [0.717, 1.165) is 18.4 Å². The van der Waals surface area contributed by atoms with E-state index in [1.54, 1.807) is 0 Å². The Balaban J connectivity index is 1.73. The van der Waals surface area contributed by atoms with Crippen molar-refractivity contribution in [3.63, 3.8) is 0 Å². The van der Waals surface area contributed by atoms with Crippen molar-refractivity contribution in [2.24, 2.45) is 5.73 Å². The van der Waals surface area contributed by atoms with Crippen LogP contribution in [0.3, 0.4) is 0 Å². The minimum absolute atomic E-state index is 0.294. The molecule has 0 bridgehead atoms. The van der Waals surface area contributed by atoms with Gasteiger partial charge in [0.1, 0.15) is 11.6 Å². The highest BCUT2D eigenvalue weighted by molar-refractivity contribution is 5.33. The first kappa shape index (κ1) is 14.1. The van der Waals surface area contributed by atoms with Crippen LogP contribution >= 0.6 is 0 Å². The first-order valence-corrected chi connectivity index (χ1v) is 7.46. The van der Waals surface area contributed by atoms with E-state index in [0.29, 0.717) is 24.8 Å². The van der Waals surface area contributed by atoms with E-state index in [1.807, 2.05) is 6.07 Å². The molecule has 2 aromatic rings. The number of hydrogen-bond acceptors (Lipinski definition) is 2. The van der Waals surface area contributed by atoms with Crippen molar-refractivity contribution in [3.05, 3.63) is 65.0 Å².